The van der Waals surface area contributed by atoms with Crippen LogP contribution in [0.3, 0.4) is 0 Å². The molecule has 2 aliphatic heterocycles. The third-order valence-corrected chi connectivity index (χ3v) is 16.7. The Morgan fingerprint density at radius 2 is 1.27 bits per heavy atom. The number of nitrogens with one attached hydrogen (secondary N) is 7. The summed E-state index contributed by atoms with van der Waals surface area (Å²) in [5.41, 5.74) is 27.6. The smallest absolute Gasteiger partial charge is 0.329 e. The minimum absolute atomic E-state index is 0.0708. The van der Waals surface area contributed by atoms with Crippen molar-refractivity contribution < 1.29 is 97.1 Å². The fraction of sp³-hybridized carbons (Fsp3) is 0.746. The molecule has 2 saturated heterocycles. The molecule has 0 aromatic carbocycles. The van der Waals surface area contributed by atoms with E-state index in [4.69, 9.17) is 33.4 Å². The third kappa shape index (κ3) is 26.1. The zero-order chi connectivity index (χ0) is 70.9. The van der Waals surface area contributed by atoms with Crippen molar-refractivity contribution in [3.63, 3.8) is 0 Å². The fourth-order valence-corrected chi connectivity index (χ4v) is 10.6. The Balaban J connectivity index is 3.14. The molecule has 16 atom stereocenters. The number of hydrogen-bond acceptors (Lipinski definition) is 20. The Hall–Kier alpha value is -8.11. The number of unbranched alkanes of at least 4 members (excludes halogenated alkanes) is 1. The number of hydrogen-bond donors (Lipinski definition) is 16. The van der Waals surface area contributed by atoms with Crippen LogP contribution in [0.4, 0.5) is 0 Å². The van der Waals surface area contributed by atoms with E-state index >= 15 is 14.4 Å². The Labute approximate surface area is 540 Å². The van der Waals surface area contributed by atoms with Gasteiger partial charge < -0.3 is 101 Å². The number of carbonyl (C=O) groups excluding carboxylic acids is 14. The zero-order valence-electron chi connectivity index (χ0n) is 54.5. The van der Waals surface area contributed by atoms with Gasteiger partial charge in [-0.25, -0.2) is 4.79 Å². The summed E-state index contributed by atoms with van der Waals surface area (Å²) in [4.78, 5) is 209. The lowest BCUT2D eigenvalue weighted by Crippen LogP contribution is -2.64. The maximum Gasteiger partial charge on any atom is 0.329 e. The number of esters is 1. The molecule has 526 valence electrons. The van der Waals surface area contributed by atoms with E-state index in [1.54, 1.807) is 27.7 Å². The van der Waals surface area contributed by atoms with E-state index in [-0.39, 0.29) is 76.8 Å². The maximum atomic E-state index is 15.3. The van der Waals surface area contributed by atoms with Crippen molar-refractivity contribution in [3.05, 3.63) is 0 Å². The number of aliphatic hydroxyl groups is 3. The van der Waals surface area contributed by atoms with E-state index in [0.29, 0.717) is 6.42 Å². The average Bonchev–Trinajstić information content (AvgIpc) is 0.969. The first-order valence-electron chi connectivity index (χ1n) is 31.3. The molecule has 0 bridgehead atoms. The monoisotopic (exact) mass is 1320 g/mol. The number of nitrogens with two attached hydrogens (primary N) is 5. The van der Waals surface area contributed by atoms with Gasteiger partial charge in [0, 0.05) is 38.8 Å². The van der Waals surface area contributed by atoms with Gasteiger partial charge in [-0.3, -0.25) is 67.1 Å². The molecule has 16 unspecified atom stereocenters. The summed E-state index contributed by atoms with van der Waals surface area (Å²) in [6, 6.07) is -16.1. The number of cyclic esters (lactones) is 1. The van der Waals surface area contributed by atoms with Crippen molar-refractivity contribution in [2.75, 3.05) is 20.1 Å². The molecule has 0 spiro atoms. The first-order valence-corrected chi connectivity index (χ1v) is 31.3. The van der Waals surface area contributed by atoms with Crippen LogP contribution in [-0.2, 0) is 76.7 Å². The maximum absolute atomic E-state index is 15.3. The van der Waals surface area contributed by atoms with E-state index in [9.17, 15) is 78.0 Å². The highest BCUT2D eigenvalue weighted by Gasteiger charge is 2.46. The van der Waals surface area contributed by atoms with Gasteiger partial charge >= 0.3 is 11.9 Å². The third-order valence-electron chi connectivity index (χ3n) is 16.7. The lowest BCUT2D eigenvalue weighted by atomic mass is 9.85. The number of amides is 13. The summed E-state index contributed by atoms with van der Waals surface area (Å²) in [6.07, 6.45) is -11.7. The van der Waals surface area contributed by atoms with Crippen molar-refractivity contribution in [1.29, 1.82) is 0 Å². The van der Waals surface area contributed by atoms with Gasteiger partial charge in [0.25, 0.3) is 5.91 Å². The SMILES string of the molecule is CC(C)CC1NC(=O)C(CCCCN)NC(=O)CC(C(C)O)NC(=O)C(NC(=O)C(NC(=O)C(O)C(O)CCCC(N)=O)C(C)C(C)C(N)=O)C(C(C)C(C)C)OC(=O)C2CCCCN2C(=O)C(CC(=O)O)NC(=O)C(CC(N)=O)NC(=O)C(CCC(N)=O)N(C)C1=O. The molecule has 13 amide bonds. The minimum Gasteiger partial charge on any atom is -0.481 e. The van der Waals surface area contributed by atoms with Crippen LogP contribution in [-0.4, -0.2) is 218 Å². The molecule has 2 fully saturated rings. The molecular formula is C59H100N14O20. The largest absolute Gasteiger partial charge is 0.481 e. The lowest BCUT2D eigenvalue weighted by Gasteiger charge is -2.40. The molecule has 2 heterocycles. The fourth-order valence-electron chi connectivity index (χ4n) is 10.6. The molecule has 0 aromatic heterocycles. The summed E-state index contributed by atoms with van der Waals surface area (Å²) in [5.74, 6) is -21.9. The molecule has 21 N–H and O–H groups in total. The summed E-state index contributed by atoms with van der Waals surface area (Å²) < 4.78 is 6.23. The molecule has 34 nitrogen and oxygen atoms in total. The predicted octanol–water partition coefficient (Wildman–Crippen LogP) is -5.50. The number of carboxylic acid groups (broad SMARTS) is 1. The number of piperidine rings is 1. The van der Waals surface area contributed by atoms with Gasteiger partial charge in [0.05, 0.1) is 31.1 Å². The Kier molecular flexibility index (Phi) is 33.8. The topological polar surface area (TPSA) is 567 Å². The van der Waals surface area contributed by atoms with Gasteiger partial charge in [0.1, 0.15) is 54.4 Å². The van der Waals surface area contributed by atoms with Crippen molar-refractivity contribution in [2.24, 2.45) is 58.3 Å². The van der Waals surface area contributed by atoms with Crippen molar-refractivity contribution in [2.45, 2.75) is 230 Å². The molecule has 0 radical (unpaired) electrons. The molecule has 0 aromatic rings. The average molecular weight is 1330 g/mol. The van der Waals surface area contributed by atoms with E-state index < -0.39 is 223 Å². The molecule has 34 heteroatoms. The van der Waals surface area contributed by atoms with Crippen molar-refractivity contribution in [1.82, 2.24) is 47.0 Å². The second-order valence-electron chi connectivity index (χ2n) is 25.0. The summed E-state index contributed by atoms with van der Waals surface area (Å²) in [5, 5.41) is 60.2. The summed E-state index contributed by atoms with van der Waals surface area (Å²) >= 11 is 0. The van der Waals surface area contributed by atoms with Gasteiger partial charge in [-0.1, -0.05) is 48.5 Å². The second kappa shape index (κ2) is 38.8. The zero-order valence-corrected chi connectivity index (χ0v) is 54.5. The van der Waals surface area contributed by atoms with Crippen LogP contribution >= 0.6 is 0 Å². The predicted molar refractivity (Wildman–Crippen MR) is 329 cm³/mol. The van der Waals surface area contributed by atoms with Crippen molar-refractivity contribution in [3.8, 4) is 0 Å². The first kappa shape index (κ1) is 81.0. The van der Waals surface area contributed by atoms with E-state index in [1.807, 2.05) is 0 Å². The molecule has 0 aliphatic carbocycles. The van der Waals surface area contributed by atoms with Crippen LogP contribution in [0.2, 0.25) is 0 Å². The number of aliphatic hydroxyl groups excluding tert-OH is 3. The summed E-state index contributed by atoms with van der Waals surface area (Å²) in [7, 11) is 1.14. The Bertz CT molecular complexity index is 2660. The van der Waals surface area contributed by atoms with Crippen LogP contribution in [0.5, 0.6) is 0 Å². The van der Waals surface area contributed by atoms with Gasteiger partial charge in [0.2, 0.25) is 70.9 Å². The second-order valence-corrected chi connectivity index (χ2v) is 25.0. The lowest BCUT2D eigenvalue weighted by molar-refractivity contribution is -0.168. The number of ether oxygens (including phenoxy) is 1. The number of fused-ring (bicyclic) bond motifs is 1. The highest BCUT2D eigenvalue weighted by atomic mass is 16.5. The minimum atomic E-state index is -2.27. The van der Waals surface area contributed by atoms with E-state index in [2.05, 4.69) is 37.2 Å². The van der Waals surface area contributed by atoms with Crippen LogP contribution in [0.15, 0.2) is 0 Å². The molecule has 2 aliphatic rings. The first-order chi connectivity index (χ1) is 43.3. The van der Waals surface area contributed by atoms with E-state index in [0.717, 1.165) is 16.8 Å². The van der Waals surface area contributed by atoms with Crippen LogP contribution in [0.25, 0.3) is 0 Å². The Morgan fingerprint density at radius 1 is 0.667 bits per heavy atom. The Morgan fingerprint density at radius 3 is 1.82 bits per heavy atom. The molecule has 2 rings (SSSR count). The highest BCUT2D eigenvalue weighted by molar-refractivity contribution is 6.00. The number of carbonyl (C=O) groups is 15. The van der Waals surface area contributed by atoms with Gasteiger partial charge in [-0.15, -0.1) is 0 Å². The highest BCUT2D eigenvalue weighted by Crippen LogP contribution is 2.27. The number of likely N-dealkylation sites (N-methyl/N-ethyl adjacent to an activating group) is 1. The molecular weight excluding hydrogens is 1220 g/mol. The van der Waals surface area contributed by atoms with Crippen LogP contribution in [0, 0.1) is 29.6 Å². The number of primary amides is 4. The van der Waals surface area contributed by atoms with Gasteiger partial charge in [-0.2, -0.15) is 0 Å². The number of nitrogens with zero attached hydrogens (tertiary/aromatic N) is 2. The number of rotatable bonds is 28. The normalized spacial score (nSPS) is 25.2. The standard InChI is InChI=1S/C59H100N14O20/c1-27(2)23-36-57(90)72(9)38(19-20-42(62)77)53(86)67-35(24-43(63)78)52(85)69-37(26-45(80)81)58(91)73-22-13-11-16-39(73)59(92)93-49(29(5)28(3)4)47(55(88)66-34(32(8)74)25-44(79)65-33(51(84)68-36)15-10-12-21-60)71-54(87)46(30(6)31(7)50(64)83)70-56(89)48(82)40(75)17-14-18-41(61)76/h27-40,46-49,74-75,82H,10-26,60H2,1-9H3,(H2,61,76)(H2,62,77)(H2,63,78)(H2,64,83)(H,65,79)(H,66,88)(H,67,86)(H,68,84)(H,69,85)(H,70,89)(H,71,87)(H,80,81). The van der Waals surface area contributed by atoms with Crippen molar-refractivity contribution >= 4 is 88.7 Å². The number of carboxylic acids is 1. The molecule has 93 heavy (non-hydrogen) atoms. The quantitative estimate of drug-likeness (QED) is 0.0257. The van der Waals surface area contributed by atoms with E-state index in [1.165, 1.54) is 27.7 Å². The van der Waals surface area contributed by atoms with Gasteiger partial charge in [-0.05, 0) is 101 Å². The van der Waals surface area contributed by atoms with Crippen LogP contribution < -0.4 is 65.9 Å². The van der Waals surface area contributed by atoms with Gasteiger partial charge in [0.15, 0.2) is 6.10 Å². The van der Waals surface area contributed by atoms with Crippen LogP contribution in [0.1, 0.15) is 152 Å². The summed E-state index contributed by atoms with van der Waals surface area (Å²) in [6.45, 7) is 11.8. The molecule has 0 saturated carbocycles. The number of aliphatic carboxylic acids is 1.